The highest BCUT2D eigenvalue weighted by Crippen LogP contribution is 2.20. The zero-order valence-corrected chi connectivity index (χ0v) is 11.6. The van der Waals surface area contributed by atoms with Gasteiger partial charge in [0, 0.05) is 16.1 Å². The summed E-state index contributed by atoms with van der Waals surface area (Å²) in [4.78, 5) is 12.1. The number of halogens is 2. The molecule has 0 radical (unpaired) electrons. The van der Waals surface area contributed by atoms with Crippen LogP contribution in [-0.4, -0.2) is 17.6 Å². The van der Waals surface area contributed by atoms with Gasteiger partial charge < -0.3 is 10.4 Å². The number of nitrogens with one attached hydrogen (secondary N) is 1. The van der Waals surface area contributed by atoms with Gasteiger partial charge in [0.1, 0.15) is 12.4 Å². The fourth-order valence-corrected chi connectivity index (χ4v) is 1.84. The predicted octanol–water partition coefficient (Wildman–Crippen LogP) is 3.08. The number of carbonyl (C=O) groups is 1. The number of benzene rings is 2. The average molecular weight is 304 g/mol. The largest absolute Gasteiger partial charge is 0.384 e. The second kappa shape index (κ2) is 6.89. The Morgan fingerprint density at radius 1 is 1.29 bits per heavy atom. The molecule has 0 aliphatic rings. The van der Waals surface area contributed by atoms with Gasteiger partial charge in [-0.1, -0.05) is 29.5 Å². The molecule has 0 aliphatic carbocycles. The van der Waals surface area contributed by atoms with Crippen LogP contribution in [0.2, 0.25) is 5.02 Å². The van der Waals surface area contributed by atoms with Crippen molar-refractivity contribution in [2.24, 2.45) is 0 Å². The normalized spacial score (nSPS) is 9.67. The summed E-state index contributed by atoms with van der Waals surface area (Å²) in [6.45, 7) is -0.260. The maximum atomic E-state index is 13.6. The van der Waals surface area contributed by atoms with Gasteiger partial charge in [-0.05, 0) is 36.4 Å². The lowest BCUT2D eigenvalue weighted by atomic mass is 10.1. The van der Waals surface area contributed by atoms with E-state index in [0.717, 1.165) is 0 Å². The Bertz CT molecular complexity index is 735. The lowest BCUT2D eigenvalue weighted by molar-refractivity contribution is 0.102. The van der Waals surface area contributed by atoms with Gasteiger partial charge in [-0.15, -0.1) is 0 Å². The van der Waals surface area contributed by atoms with E-state index in [-0.39, 0.29) is 12.3 Å². The van der Waals surface area contributed by atoms with Crippen LogP contribution in [0.5, 0.6) is 0 Å². The van der Waals surface area contributed by atoms with Gasteiger partial charge in [-0.3, -0.25) is 4.79 Å². The molecule has 0 spiro atoms. The van der Waals surface area contributed by atoms with E-state index >= 15 is 0 Å². The number of rotatable bonds is 2. The van der Waals surface area contributed by atoms with Crippen LogP contribution in [0.25, 0.3) is 0 Å². The summed E-state index contributed by atoms with van der Waals surface area (Å²) in [6, 6.07) is 10.4. The van der Waals surface area contributed by atoms with Crippen LogP contribution in [-0.2, 0) is 0 Å². The van der Waals surface area contributed by atoms with Gasteiger partial charge in [0.15, 0.2) is 0 Å². The minimum atomic E-state index is -0.566. The molecule has 2 aromatic carbocycles. The van der Waals surface area contributed by atoms with Crippen LogP contribution >= 0.6 is 11.6 Å². The highest BCUT2D eigenvalue weighted by atomic mass is 35.5. The Morgan fingerprint density at radius 3 is 2.86 bits per heavy atom. The third kappa shape index (κ3) is 4.06. The number of carbonyl (C=O) groups excluding carboxylic acids is 1. The SMILES string of the molecule is O=C(Nc1cc(Cl)ccc1F)c1cccc(C#CCO)c1. The second-order valence-electron chi connectivity index (χ2n) is 4.12. The Morgan fingerprint density at radius 2 is 2.10 bits per heavy atom. The van der Waals surface area contributed by atoms with E-state index in [9.17, 15) is 9.18 Å². The van der Waals surface area contributed by atoms with Gasteiger partial charge in [-0.25, -0.2) is 4.39 Å². The van der Waals surface area contributed by atoms with E-state index < -0.39 is 11.7 Å². The molecule has 0 unspecified atom stereocenters. The van der Waals surface area contributed by atoms with Crippen molar-refractivity contribution in [3.8, 4) is 11.8 Å². The molecule has 2 aromatic rings. The van der Waals surface area contributed by atoms with Crippen molar-refractivity contribution in [3.05, 3.63) is 64.4 Å². The number of amides is 1. The van der Waals surface area contributed by atoms with Crippen molar-refractivity contribution in [1.29, 1.82) is 0 Å². The fraction of sp³-hybridized carbons (Fsp3) is 0.0625. The van der Waals surface area contributed by atoms with E-state index in [1.54, 1.807) is 24.3 Å². The van der Waals surface area contributed by atoms with E-state index in [4.69, 9.17) is 16.7 Å². The predicted molar refractivity (Wildman–Crippen MR) is 79.8 cm³/mol. The summed E-state index contributed by atoms with van der Waals surface area (Å²) in [5.41, 5.74) is 0.932. The number of anilines is 1. The van der Waals surface area contributed by atoms with Crippen molar-refractivity contribution in [3.63, 3.8) is 0 Å². The first-order chi connectivity index (χ1) is 10.1. The Balaban J connectivity index is 2.22. The molecule has 0 atom stereocenters. The Hall–Kier alpha value is -2.35. The molecule has 0 heterocycles. The quantitative estimate of drug-likeness (QED) is 0.838. The van der Waals surface area contributed by atoms with Gasteiger partial charge in [0.25, 0.3) is 5.91 Å². The highest BCUT2D eigenvalue weighted by molar-refractivity contribution is 6.31. The molecule has 0 aromatic heterocycles. The third-order valence-corrected chi connectivity index (χ3v) is 2.85. The third-order valence-electron chi connectivity index (χ3n) is 2.61. The van der Waals surface area contributed by atoms with Crippen molar-refractivity contribution in [2.75, 3.05) is 11.9 Å². The van der Waals surface area contributed by atoms with Crippen LogP contribution in [0.15, 0.2) is 42.5 Å². The molecular weight excluding hydrogens is 293 g/mol. The first-order valence-electron chi connectivity index (χ1n) is 6.06. The number of hydrogen-bond donors (Lipinski definition) is 2. The molecule has 0 fully saturated rings. The molecule has 0 saturated heterocycles. The van der Waals surface area contributed by atoms with E-state index in [1.807, 2.05) is 0 Å². The summed E-state index contributed by atoms with van der Waals surface area (Å²) in [7, 11) is 0. The molecule has 3 nitrogen and oxygen atoms in total. The number of hydrogen-bond acceptors (Lipinski definition) is 2. The molecule has 21 heavy (non-hydrogen) atoms. The van der Waals surface area contributed by atoms with Crippen molar-refractivity contribution >= 4 is 23.2 Å². The molecule has 0 bridgehead atoms. The second-order valence-corrected chi connectivity index (χ2v) is 4.56. The topological polar surface area (TPSA) is 49.3 Å². The Labute approximate surface area is 126 Å². The van der Waals surface area contributed by atoms with Crippen molar-refractivity contribution < 1.29 is 14.3 Å². The minimum absolute atomic E-state index is 0.0133. The van der Waals surface area contributed by atoms with Gasteiger partial charge in [0.2, 0.25) is 0 Å². The molecule has 2 rings (SSSR count). The zero-order chi connectivity index (χ0) is 15.2. The van der Waals surface area contributed by atoms with E-state index in [2.05, 4.69) is 17.2 Å². The average Bonchev–Trinajstić information content (AvgIpc) is 2.49. The first kappa shape index (κ1) is 15.0. The Kier molecular flexibility index (Phi) is 4.94. The molecule has 0 saturated carbocycles. The monoisotopic (exact) mass is 303 g/mol. The van der Waals surface area contributed by atoms with E-state index in [1.165, 1.54) is 18.2 Å². The number of aliphatic hydroxyl groups excluding tert-OH is 1. The molecule has 0 aliphatic heterocycles. The van der Waals surface area contributed by atoms with E-state index in [0.29, 0.717) is 16.1 Å². The lowest BCUT2D eigenvalue weighted by Crippen LogP contribution is -2.13. The van der Waals surface area contributed by atoms with Crippen LogP contribution < -0.4 is 5.32 Å². The lowest BCUT2D eigenvalue weighted by Gasteiger charge is -2.07. The molecule has 106 valence electrons. The first-order valence-corrected chi connectivity index (χ1v) is 6.44. The molecule has 5 heteroatoms. The summed E-state index contributed by atoms with van der Waals surface area (Å²) < 4.78 is 13.6. The summed E-state index contributed by atoms with van der Waals surface area (Å²) in [5, 5.41) is 11.4. The summed E-state index contributed by atoms with van der Waals surface area (Å²) >= 11 is 5.77. The fourth-order valence-electron chi connectivity index (χ4n) is 1.67. The number of aliphatic hydroxyl groups is 1. The standard InChI is InChI=1S/C16H11ClFNO2/c17-13-6-7-14(18)15(10-13)19-16(21)12-5-1-3-11(9-12)4-2-8-20/h1,3,5-7,9-10,20H,8H2,(H,19,21). The maximum absolute atomic E-state index is 13.6. The molecule has 2 N–H and O–H groups in total. The molecule has 1 amide bonds. The van der Waals surface area contributed by atoms with Gasteiger partial charge >= 0.3 is 0 Å². The van der Waals surface area contributed by atoms with Crippen molar-refractivity contribution in [2.45, 2.75) is 0 Å². The smallest absolute Gasteiger partial charge is 0.255 e. The maximum Gasteiger partial charge on any atom is 0.255 e. The molecular formula is C16H11ClFNO2. The van der Waals surface area contributed by atoms with Crippen LogP contribution in [0.3, 0.4) is 0 Å². The van der Waals surface area contributed by atoms with Crippen LogP contribution in [0.1, 0.15) is 15.9 Å². The van der Waals surface area contributed by atoms with Gasteiger partial charge in [0.05, 0.1) is 5.69 Å². The van der Waals surface area contributed by atoms with Gasteiger partial charge in [-0.2, -0.15) is 0 Å². The van der Waals surface area contributed by atoms with Crippen LogP contribution in [0, 0.1) is 17.7 Å². The minimum Gasteiger partial charge on any atom is -0.384 e. The zero-order valence-electron chi connectivity index (χ0n) is 10.9. The summed E-state index contributed by atoms with van der Waals surface area (Å²) in [6.07, 6.45) is 0. The van der Waals surface area contributed by atoms with Crippen LogP contribution in [0.4, 0.5) is 10.1 Å². The summed E-state index contributed by atoms with van der Waals surface area (Å²) in [5.74, 6) is 4.16. The van der Waals surface area contributed by atoms with Crippen molar-refractivity contribution in [1.82, 2.24) is 0 Å². The highest BCUT2D eigenvalue weighted by Gasteiger charge is 2.10.